The number of rotatable bonds is 2. The van der Waals surface area contributed by atoms with Crippen LogP contribution in [0.15, 0.2) is 0 Å². The van der Waals surface area contributed by atoms with Gasteiger partial charge in [-0.1, -0.05) is 0 Å². The Labute approximate surface area is 89.7 Å². The second kappa shape index (κ2) is 3.99. The minimum Gasteiger partial charge on any atom is -0.388 e. The Kier molecular flexibility index (Phi) is 3.00. The zero-order valence-electron chi connectivity index (χ0n) is 9.06. The van der Waals surface area contributed by atoms with Crippen molar-refractivity contribution in [2.45, 2.75) is 43.7 Å². The zero-order chi connectivity index (χ0) is 11.1. The highest BCUT2D eigenvalue weighted by Gasteiger charge is 2.47. The van der Waals surface area contributed by atoms with Crippen LogP contribution in [-0.4, -0.2) is 63.8 Å². The van der Waals surface area contributed by atoms with Crippen LogP contribution in [0.4, 0.5) is 0 Å². The molecule has 1 unspecified atom stereocenters. The van der Waals surface area contributed by atoms with Gasteiger partial charge in [0.15, 0.2) is 0 Å². The third-order valence-corrected chi connectivity index (χ3v) is 3.51. The van der Waals surface area contributed by atoms with Crippen LogP contribution in [0.25, 0.3) is 0 Å². The first-order valence-corrected chi connectivity index (χ1v) is 5.58. The van der Waals surface area contributed by atoms with Gasteiger partial charge in [0.2, 0.25) is 0 Å². The SMILES string of the molecule is C[C@@]1(O)CN[C@H](C(O)N2CCCC2)[C@@H]1O. The van der Waals surface area contributed by atoms with Gasteiger partial charge in [0.05, 0.1) is 6.04 Å². The van der Waals surface area contributed by atoms with E-state index in [-0.39, 0.29) is 0 Å². The van der Waals surface area contributed by atoms with E-state index < -0.39 is 24.0 Å². The molecule has 5 heteroatoms. The summed E-state index contributed by atoms with van der Waals surface area (Å²) < 4.78 is 0. The summed E-state index contributed by atoms with van der Waals surface area (Å²) >= 11 is 0. The van der Waals surface area contributed by atoms with E-state index in [0.29, 0.717) is 6.54 Å². The molecule has 2 aliphatic rings. The third-order valence-electron chi connectivity index (χ3n) is 3.51. The summed E-state index contributed by atoms with van der Waals surface area (Å²) in [6.07, 6.45) is 0.580. The number of aliphatic hydroxyl groups is 3. The number of aliphatic hydroxyl groups excluding tert-OH is 2. The molecule has 5 nitrogen and oxygen atoms in total. The highest BCUT2D eigenvalue weighted by atomic mass is 16.4. The van der Waals surface area contributed by atoms with E-state index in [2.05, 4.69) is 5.32 Å². The summed E-state index contributed by atoms with van der Waals surface area (Å²) in [6, 6.07) is -0.446. The summed E-state index contributed by atoms with van der Waals surface area (Å²) in [4.78, 5) is 1.95. The minimum atomic E-state index is -1.13. The largest absolute Gasteiger partial charge is 0.388 e. The summed E-state index contributed by atoms with van der Waals surface area (Å²) in [5.74, 6) is 0. The Balaban J connectivity index is 1.99. The molecule has 15 heavy (non-hydrogen) atoms. The summed E-state index contributed by atoms with van der Waals surface area (Å²) in [5, 5.41) is 32.7. The fourth-order valence-corrected chi connectivity index (χ4v) is 2.43. The molecule has 2 aliphatic heterocycles. The molecular formula is C10H20N2O3. The molecule has 4 N–H and O–H groups in total. The molecule has 2 heterocycles. The van der Waals surface area contributed by atoms with Crippen molar-refractivity contribution in [1.29, 1.82) is 0 Å². The van der Waals surface area contributed by atoms with Crippen molar-refractivity contribution in [1.82, 2.24) is 10.2 Å². The molecule has 0 spiro atoms. The van der Waals surface area contributed by atoms with Crippen LogP contribution in [0.5, 0.6) is 0 Å². The number of nitrogens with one attached hydrogen (secondary N) is 1. The van der Waals surface area contributed by atoms with Crippen LogP contribution in [0.3, 0.4) is 0 Å². The lowest BCUT2D eigenvalue weighted by atomic mass is 9.98. The molecule has 0 saturated carbocycles. The van der Waals surface area contributed by atoms with E-state index in [9.17, 15) is 15.3 Å². The van der Waals surface area contributed by atoms with Gasteiger partial charge in [-0.15, -0.1) is 0 Å². The lowest BCUT2D eigenvalue weighted by Crippen LogP contribution is -2.52. The van der Waals surface area contributed by atoms with E-state index in [1.165, 1.54) is 0 Å². The lowest BCUT2D eigenvalue weighted by Gasteiger charge is -2.31. The molecule has 0 radical (unpaired) electrons. The molecular weight excluding hydrogens is 196 g/mol. The molecule has 88 valence electrons. The predicted molar refractivity (Wildman–Crippen MR) is 55.2 cm³/mol. The third kappa shape index (κ3) is 2.03. The molecule has 0 aromatic rings. The Morgan fingerprint density at radius 2 is 2.00 bits per heavy atom. The first kappa shape index (κ1) is 11.3. The number of nitrogens with zero attached hydrogens (tertiary/aromatic N) is 1. The Hall–Kier alpha value is -0.200. The smallest absolute Gasteiger partial charge is 0.125 e. The van der Waals surface area contributed by atoms with Gasteiger partial charge in [-0.2, -0.15) is 0 Å². The molecule has 2 fully saturated rings. The minimum absolute atomic E-state index is 0.323. The van der Waals surface area contributed by atoms with E-state index in [0.717, 1.165) is 25.9 Å². The van der Waals surface area contributed by atoms with Crippen molar-refractivity contribution in [3.63, 3.8) is 0 Å². The van der Waals surface area contributed by atoms with Gasteiger partial charge in [0.1, 0.15) is 17.9 Å². The van der Waals surface area contributed by atoms with Crippen molar-refractivity contribution in [2.24, 2.45) is 0 Å². The van der Waals surface area contributed by atoms with Gasteiger partial charge in [0, 0.05) is 19.6 Å². The first-order chi connectivity index (χ1) is 7.02. The maximum absolute atomic E-state index is 10.0. The Bertz CT molecular complexity index is 229. The molecule has 0 aromatic carbocycles. The van der Waals surface area contributed by atoms with Crippen LogP contribution in [0.2, 0.25) is 0 Å². The Morgan fingerprint density at radius 3 is 2.47 bits per heavy atom. The molecule has 0 amide bonds. The van der Waals surface area contributed by atoms with Crippen LogP contribution < -0.4 is 5.32 Å². The normalized spacial score (nSPS) is 44.8. The zero-order valence-corrected chi connectivity index (χ0v) is 9.06. The molecule has 4 atom stereocenters. The van der Waals surface area contributed by atoms with Crippen molar-refractivity contribution >= 4 is 0 Å². The first-order valence-electron chi connectivity index (χ1n) is 5.58. The number of hydrogen-bond acceptors (Lipinski definition) is 5. The lowest BCUT2D eigenvalue weighted by molar-refractivity contribution is -0.0813. The van der Waals surface area contributed by atoms with Crippen molar-refractivity contribution in [3.8, 4) is 0 Å². The van der Waals surface area contributed by atoms with Crippen molar-refractivity contribution in [2.75, 3.05) is 19.6 Å². The topological polar surface area (TPSA) is 76.0 Å². The van der Waals surface area contributed by atoms with E-state index in [4.69, 9.17) is 0 Å². The maximum atomic E-state index is 10.0. The average molecular weight is 216 g/mol. The standard InChI is InChI=1S/C10H20N2O3/c1-10(15)6-11-7(8(10)13)9(14)12-4-2-3-5-12/h7-9,11,13-15H,2-6H2,1H3/t7-,8-,9?,10+/m0/s1. The van der Waals surface area contributed by atoms with Crippen molar-refractivity contribution < 1.29 is 15.3 Å². The number of hydrogen-bond donors (Lipinski definition) is 4. The van der Waals surface area contributed by atoms with Crippen LogP contribution in [0.1, 0.15) is 19.8 Å². The average Bonchev–Trinajstić information content (AvgIpc) is 2.76. The summed E-state index contributed by atoms with van der Waals surface area (Å²) in [5.41, 5.74) is -1.13. The predicted octanol–water partition coefficient (Wildman–Crippen LogP) is -1.52. The fraction of sp³-hybridized carbons (Fsp3) is 1.00. The van der Waals surface area contributed by atoms with Gasteiger partial charge < -0.3 is 20.6 Å². The molecule has 2 saturated heterocycles. The highest BCUT2D eigenvalue weighted by Crippen LogP contribution is 2.24. The van der Waals surface area contributed by atoms with E-state index >= 15 is 0 Å². The monoisotopic (exact) mass is 216 g/mol. The van der Waals surface area contributed by atoms with Crippen LogP contribution in [-0.2, 0) is 0 Å². The van der Waals surface area contributed by atoms with E-state index in [1.807, 2.05) is 4.90 Å². The molecule has 0 bridgehead atoms. The van der Waals surface area contributed by atoms with Gasteiger partial charge >= 0.3 is 0 Å². The molecule has 2 rings (SSSR count). The van der Waals surface area contributed by atoms with Gasteiger partial charge in [-0.3, -0.25) is 4.90 Å². The van der Waals surface area contributed by atoms with Gasteiger partial charge in [-0.05, 0) is 19.8 Å². The fourth-order valence-electron chi connectivity index (χ4n) is 2.43. The Morgan fingerprint density at radius 1 is 1.40 bits per heavy atom. The van der Waals surface area contributed by atoms with Crippen LogP contribution >= 0.6 is 0 Å². The second-order valence-corrected chi connectivity index (χ2v) is 4.87. The highest BCUT2D eigenvalue weighted by molar-refractivity contribution is 5.02. The van der Waals surface area contributed by atoms with E-state index in [1.54, 1.807) is 6.92 Å². The summed E-state index contributed by atoms with van der Waals surface area (Å²) in [7, 11) is 0. The number of β-amino-alcohol motifs (C(OH)–C–C–N with tert-alkyl or cyclic N) is 1. The second-order valence-electron chi connectivity index (χ2n) is 4.87. The van der Waals surface area contributed by atoms with Gasteiger partial charge in [0.25, 0.3) is 0 Å². The maximum Gasteiger partial charge on any atom is 0.125 e. The van der Waals surface area contributed by atoms with Gasteiger partial charge in [-0.25, -0.2) is 0 Å². The molecule has 0 aliphatic carbocycles. The molecule has 0 aromatic heterocycles. The summed E-state index contributed by atoms with van der Waals surface area (Å²) in [6.45, 7) is 3.65. The number of likely N-dealkylation sites (tertiary alicyclic amines) is 1. The van der Waals surface area contributed by atoms with Crippen molar-refractivity contribution in [3.05, 3.63) is 0 Å². The quantitative estimate of drug-likeness (QED) is 0.451. The van der Waals surface area contributed by atoms with Crippen LogP contribution in [0, 0.1) is 0 Å².